The SMILES string of the molecule is Cc1c(Cl)ccc(-n2nc(C)c3cc(N4CCN(C)CC4Cc4ccccc4)ncc32)c1F. The predicted octanol–water partition coefficient (Wildman–Crippen LogP) is 5.19. The van der Waals surface area contributed by atoms with Crippen molar-refractivity contribution in [3.63, 3.8) is 0 Å². The van der Waals surface area contributed by atoms with Crippen molar-refractivity contribution in [1.82, 2.24) is 19.7 Å². The fourth-order valence-electron chi connectivity index (χ4n) is 4.68. The molecule has 0 N–H and O–H groups in total. The Labute approximate surface area is 198 Å². The molecule has 1 fully saturated rings. The number of hydrogen-bond donors (Lipinski definition) is 0. The maximum atomic E-state index is 15.0. The molecule has 5 nitrogen and oxygen atoms in total. The van der Waals surface area contributed by atoms with Gasteiger partial charge in [-0.3, -0.25) is 0 Å². The van der Waals surface area contributed by atoms with Crippen molar-refractivity contribution >= 4 is 28.3 Å². The standard InChI is InChI=1S/C26H27ClFN5/c1-17-22(27)9-10-23(26(17)28)33-24-15-29-25(14-21(24)18(2)30-33)32-12-11-31(3)16-20(32)13-19-7-5-4-6-8-19/h4-10,14-15,20H,11-13,16H2,1-3H3. The minimum atomic E-state index is -0.363. The van der Waals surface area contributed by atoms with Crippen LogP contribution in [0.25, 0.3) is 16.6 Å². The normalized spacial score (nSPS) is 17.1. The number of anilines is 1. The van der Waals surface area contributed by atoms with Crippen LogP contribution in [0.5, 0.6) is 0 Å². The molecule has 1 aliphatic rings. The maximum Gasteiger partial charge on any atom is 0.153 e. The second-order valence-electron chi connectivity index (χ2n) is 8.86. The number of benzene rings is 2. The summed E-state index contributed by atoms with van der Waals surface area (Å²) >= 11 is 6.09. The highest BCUT2D eigenvalue weighted by atomic mass is 35.5. The molecule has 0 aliphatic carbocycles. The minimum absolute atomic E-state index is 0.322. The number of fused-ring (bicyclic) bond motifs is 1. The van der Waals surface area contributed by atoms with E-state index in [-0.39, 0.29) is 5.82 Å². The number of nitrogens with zero attached hydrogens (tertiary/aromatic N) is 5. The van der Waals surface area contributed by atoms with Crippen LogP contribution in [-0.4, -0.2) is 52.4 Å². The molecule has 2 aromatic heterocycles. The van der Waals surface area contributed by atoms with Gasteiger partial charge in [0.1, 0.15) is 11.5 Å². The molecule has 0 bridgehead atoms. The predicted molar refractivity (Wildman–Crippen MR) is 132 cm³/mol. The average Bonchev–Trinajstić information content (AvgIpc) is 3.14. The van der Waals surface area contributed by atoms with E-state index >= 15 is 0 Å². The lowest BCUT2D eigenvalue weighted by Gasteiger charge is -2.41. The highest BCUT2D eigenvalue weighted by Gasteiger charge is 2.27. The molecule has 0 spiro atoms. The van der Waals surface area contributed by atoms with Crippen molar-refractivity contribution in [1.29, 1.82) is 0 Å². The highest BCUT2D eigenvalue weighted by Crippen LogP contribution is 2.30. The van der Waals surface area contributed by atoms with E-state index in [0.717, 1.165) is 48.5 Å². The molecule has 7 heteroatoms. The zero-order valence-corrected chi connectivity index (χ0v) is 19.8. The number of rotatable bonds is 4. The number of hydrogen-bond acceptors (Lipinski definition) is 4. The molecule has 0 amide bonds. The first-order chi connectivity index (χ1) is 15.9. The zero-order chi connectivity index (χ0) is 23.1. The van der Waals surface area contributed by atoms with Crippen molar-refractivity contribution in [2.75, 3.05) is 31.6 Å². The lowest BCUT2D eigenvalue weighted by molar-refractivity contribution is 0.265. The molecular weight excluding hydrogens is 437 g/mol. The number of halogens is 2. The summed E-state index contributed by atoms with van der Waals surface area (Å²) in [6.45, 7) is 6.50. The first-order valence-corrected chi connectivity index (χ1v) is 11.6. The van der Waals surface area contributed by atoms with Crippen molar-refractivity contribution < 1.29 is 4.39 Å². The summed E-state index contributed by atoms with van der Waals surface area (Å²) < 4.78 is 16.6. The highest BCUT2D eigenvalue weighted by molar-refractivity contribution is 6.31. The monoisotopic (exact) mass is 463 g/mol. The van der Waals surface area contributed by atoms with Gasteiger partial charge in [-0.1, -0.05) is 41.9 Å². The van der Waals surface area contributed by atoms with Crippen molar-refractivity contribution in [3.05, 3.63) is 82.4 Å². The van der Waals surface area contributed by atoms with E-state index in [4.69, 9.17) is 16.6 Å². The van der Waals surface area contributed by atoms with Gasteiger partial charge in [-0.05, 0) is 51.1 Å². The summed E-state index contributed by atoms with van der Waals surface area (Å²) in [6.07, 6.45) is 2.77. The van der Waals surface area contributed by atoms with Gasteiger partial charge >= 0.3 is 0 Å². The molecule has 0 radical (unpaired) electrons. The Morgan fingerprint density at radius 1 is 1.09 bits per heavy atom. The fraction of sp³-hybridized carbons (Fsp3) is 0.308. The second kappa shape index (κ2) is 8.76. The molecular formula is C26H27ClFN5. The molecule has 1 unspecified atom stereocenters. The van der Waals surface area contributed by atoms with E-state index in [0.29, 0.717) is 22.3 Å². The smallest absolute Gasteiger partial charge is 0.153 e. The largest absolute Gasteiger partial charge is 0.351 e. The Morgan fingerprint density at radius 3 is 2.67 bits per heavy atom. The zero-order valence-electron chi connectivity index (χ0n) is 19.1. The fourth-order valence-corrected chi connectivity index (χ4v) is 4.82. The molecule has 3 heterocycles. The van der Waals surface area contributed by atoms with Crippen LogP contribution < -0.4 is 4.90 Å². The molecule has 33 heavy (non-hydrogen) atoms. The summed E-state index contributed by atoms with van der Waals surface area (Å²) in [5, 5.41) is 6.03. The van der Waals surface area contributed by atoms with E-state index in [1.54, 1.807) is 23.7 Å². The van der Waals surface area contributed by atoms with Crippen molar-refractivity contribution in [2.24, 2.45) is 0 Å². The Bertz CT molecular complexity index is 1300. The first kappa shape index (κ1) is 21.9. The molecule has 5 rings (SSSR count). The summed E-state index contributed by atoms with van der Waals surface area (Å²) in [5.74, 6) is 0.574. The summed E-state index contributed by atoms with van der Waals surface area (Å²) in [6, 6.07) is 16.4. The molecule has 0 saturated carbocycles. The van der Waals surface area contributed by atoms with Crippen LogP contribution in [0.15, 0.2) is 54.7 Å². The number of aryl methyl sites for hydroxylation is 1. The van der Waals surface area contributed by atoms with E-state index in [9.17, 15) is 4.39 Å². The number of piperazine rings is 1. The summed E-state index contributed by atoms with van der Waals surface area (Å²) in [5.41, 5.74) is 3.74. The third kappa shape index (κ3) is 4.09. The van der Waals surface area contributed by atoms with Crippen LogP contribution in [0, 0.1) is 19.7 Å². The van der Waals surface area contributed by atoms with Gasteiger partial charge in [0.25, 0.3) is 0 Å². The molecule has 170 valence electrons. The van der Waals surface area contributed by atoms with Crippen molar-refractivity contribution in [2.45, 2.75) is 26.3 Å². The van der Waals surface area contributed by atoms with Crippen molar-refractivity contribution in [3.8, 4) is 5.69 Å². The molecule has 1 atom stereocenters. The van der Waals surface area contributed by atoms with Crippen LogP contribution in [0.3, 0.4) is 0 Å². The Balaban J connectivity index is 1.53. The lowest BCUT2D eigenvalue weighted by atomic mass is 10.0. The Hall–Kier alpha value is -2.96. The third-order valence-electron chi connectivity index (χ3n) is 6.56. The Kier molecular flexibility index (Phi) is 5.81. The van der Waals surface area contributed by atoms with Crippen LogP contribution in [0.4, 0.5) is 10.2 Å². The maximum absolute atomic E-state index is 15.0. The Morgan fingerprint density at radius 2 is 1.88 bits per heavy atom. The van der Waals surface area contributed by atoms with Gasteiger partial charge in [-0.15, -0.1) is 0 Å². The molecule has 1 saturated heterocycles. The molecule has 4 aromatic rings. The van der Waals surface area contributed by atoms with Gasteiger partial charge in [0.15, 0.2) is 5.82 Å². The van der Waals surface area contributed by atoms with E-state index in [1.807, 2.05) is 13.1 Å². The molecule has 2 aromatic carbocycles. The van der Waals surface area contributed by atoms with E-state index in [1.165, 1.54) is 5.56 Å². The third-order valence-corrected chi connectivity index (χ3v) is 6.97. The number of pyridine rings is 1. The van der Waals surface area contributed by atoms with E-state index in [2.05, 4.69) is 58.3 Å². The quantitative estimate of drug-likeness (QED) is 0.417. The van der Waals surface area contributed by atoms with Gasteiger partial charge < -0.3 is 9.80 Å². The van der Waals surface area contributed by atoms with E-state index < -0.39 is 0 Å². The van der Waals surface area contributed by atoms with Crippen LogP contribution >= 0.6 is 11.6 Å². The van der Waals surface area contributed by atoms with Crippen LogP contribution in [0.1, 0.15) is 16.8 Å². The van der Waals surface area contributed by atoms with Gasteiger partial charge in [0, 0.05) is 41.6 Å². The van der Waals surface area contributed by atoms with Crippen LogP contribution in [0.2, 0.25) is 5.02 Å². The van der Waals surface area contributed by atoms with Gasteiger partial charge in [-0.25, -0.2) is 14.1 Å². The second-order valence-corrected chi connectivity index (χ2v) is 9.27. The topological polar surface area (TPSA) is 37.2 Å². The first-order valence-electron chi connectivity index (χ1n) is 11.2. The van der Waals surface area contributed by atoms with Gasteiger partial charge in [-0.2, -0.15) is 5.10 Å². The van der Waals surface area contributed by atoms with Gasteiger partial charge in [0.05, 0.1) is 17.4 Å². The lowest BCUT2D eigenvalue weighted by Crippen LogP contribution is -2.53. The number of aromatic nitrogens is 3. The molecule has 1 aliphatic heterocycles. The summed E-state index contributed by atoms with van der Waals surface area (Å²) in [7, 11) is 2.17. The number of likely N-dealkylation sites (N-methyl/N-ethyl adjacent to an activating group) is 1. The van der Waals surface area contributed by atoms with Crippen LogP contribution in [-0.2, 0) is 6.42 Å². The summed E-state index contributed by atoms with van der Waals surface area (Å²) in [4.78, 5) is 9.59. The van der Waals surface area contributed by atoms with Gasteiger partial charge in [0.2, 0.25) is 0 Å². The average molecular weight is 464 g/mol. The minimum Gasteiger partial charge on any atom is -0.351 e.